The number of nitrogens with one attached hydrogen (secondary N) is 2. The lowest BCUT2D eigenvalue weighted by Crippen LogP contribution is -2.24. The van der Waals surface area contributed by atoms with E-state index in [-0.39, 0.29) is 34.1 Å². The first-order valence-corrected chi connectivity index (χ1v) is 11.9. The summed E-state index contributed by atoms with van der Waals surface area (Å²) in [6, 6.07) is 14.2. The molecule has 1 fully saturated rings. The Morgan fingerprint density at radius 1 is 1.16 bits per heavy atom. The molecular weight excluding hydrogens is 477 g/mol. The zero-order chi connectivity index (χ0) is 26.1. The molecule has 5 rings (SSSR count). The lowest BCUT2D eigenvalue weighted by Gasteiger charge is -2.24. The Bertz CT molecular complexity index is 1540. The van der Waals surface area contributed by atoms with Gasteiger partial charge in [0.2, 0.25) is 5.43 Å². The third-order valence-electron chi connectivity index (χ3n) is 6.35. The second-order valence-electron chi connectivity index (χ2n) is 8.75. The van der Waals surface area contributed by atoms with E-state index in [1.54, 1.807) is 47.2 Å². The third kappa shape index (κ3) is 4.31. The van der Waals surface area contributed by atoms with E-state index in [2.05, 4.69) is 15.6 Å². The minimum Gasteiger partial charge on any atom is -0.492 e. The maximum absolute atomic E-state index is 15.6. The number of nitrogens with zero attached hydrogens (tertiary/aromatic N) is 2. The molecule has 1 aliphatic rings. The lowest BCUT2D eigenvalue weighted by atomic mass is 9.99. The van der Waals surface area contributed by atoms with Crippen molar-refractivity contribution in [3.8, 4) is 17.0 Å². The number of methoxy groups -OCH3 is 1. The lowest BCUT2D eigenvalue weighted by molar-refractivity contribution is 0.0696. The standard InChI is InChI=1S/C27H26FN5O4/c1-37-26-22(32-14-13-31-17-9-5-6-12-30-17)20(28)21(29)18-24(26)33(16-10-11-16)23(15-7-3-2-4-8-15)19(25(18)34)27(35)36/h2-9,12,16,32H,10-11,13-14,29H2,1H3,(H,30,31)(H,35,36). The van der Waals surface area contributed by atoms with Crippen LogP contribution in [-0.4, -0.2) is 40.8 Å². The zero-order valence-corrected chi connectivity index (χ0v) is 20.1. The average molecular weight is 504 g/mol. The van der Waals surface area contributed by atoms with Crippen LogP contribution in [0, 0.1) is 5.82 Å². The van der Waals surface area contributed by atoms with Gasteiger partial charge in [0.25, 0.3) is 0 Å². The fourth-order valence-corrected chi connectivity index (χ4v) is 4.61. The van der Waals surface area contributed by atoms with Crippen LogP contribution < -0.4 is 26.5 Å². The highest BCUT2D eigenvalue weighted by molar-refractivity contribution is 6.06. The van der Waals surface area contributed by atoms with E-state index in [0.717, 1.165) is 12.8 Å². The van der Waals surface area contributed by atoms with Crippen molar-refractivity contribution in [3.05, 3.63) is 76.3 Å². The number of nitrogen functional groups attached to an aromatic ring is 1. The zero-order valence-electron chi connectivity index (χ0n) is 20.1. The van der Waals surface area contributed by atoms with Crippen molar-refractivity contribution >= 4 is 34.1 Å². The highest BCUT2D eigenvalue weighted by Gasteiger charge is 2.35. The summed E-state index contributed by atoms with van der Waals surface area (Å²) in [5.41, 5.74) is 5.56. The molecule has 0 aliphatic heterocycles. The molecule has 190 valence electrons. The quantitative estimate of drug-likeness (QED) is 0.196. The monoisotopic (exact) mass is 503 g/mol. The highest BCUT2D eigenvalue weighted by atomic mass is 19.1. The number of anilines is 3. The molecule has 0 bridgehead atoms. The number of fused-ring (bicyclic) bond motifs is 1. The third-order valence-corrected chi connectivity index (χ3v) is 6.35. The molecule has 2 heterocycles. The number of aromatic carboxylic acids is 1. The number of hydrogen-bond donors (Lipinski definition) is 4. The van der Waals surface area contributed by atoms with E-state index in [1.165, 1.54) is 7.11 Å². The van der Waals surface area contributed by atoms with Crippen molar-refractivity contribution in [1.29, 1.82) is 0 Å². The minimum atomic E-state index is -1.40. The van der Waals surface area contributed by atoms with Crippen LogP contribution in [0.5, 0.6) is 5.75 Å². The van der Waals surface area contributed by atoms with Crippen molar-refractivity contribution in [2.45, 2.75) is 18.9 Å². The van der Waals surface area contributed by atoms with Crippen LogP contribution in [0.3, 0.4) is 0 Å². The molecule has 1 aliphatic carbocycles. The van der Waals surface area contributed by atoms with E-state index in [4.69, 9.17) is 10.5 Å². The van der Waals surface area contributed by atoms with Gasteiger partial charge in [0.1, 0.15) is 17.1 Å². The topological polar surface area (TPSA) is 132 Å². The van der Waals surface area contributed by atoms with Crippen LogP contribution in [0.25, 0.3) is 22.2 Å². The molecule has 9 nitrogen and oxygen atoms in total. The maximum Gasteiger partial charge on any atom is 0.341 e. The number of halogens is 1. The molecule has 0 amide bonds. The molecule has 2 aromatic carbocycles. The molecule has 0 spiro atoms. The van der Waals surface area contributed by atoms with Gasteiger partial charge in [-0.1, -0.05) is 36.4 Å². The summed E-state index contributed by atoms with van der Waals surface area (Å²) >= 11 is 0. The molecule has 37 heavy (non-hydrogen) atoms. The first kappa shape index (κ1) is 24.1. The Morgan fingerprint density at radius 2 is 1.86 bits per heavy atom. The first-order valence-electron chi connectivity index (χ1n) is 11.9. The van der Waals surface area contributed by atoms with Crippen LogP contribution in [0.4, 0.5) is 21.6 Å². The number of hydrogen-bond acceptors (Lipinski definition) is 7. The van der Waals surface area contributed by atoms with Gasteiger partial charge in [-0.3, -0.25) is 4.79 Å². The second kappa shape index (κ2) is 9.81. The number of carboxylic acid groups (broad SMARTS) is 1. The predicted octanol–water partition coefficient (Wildman–Crippen LogP) is 4.35. The van der Waals surface area contributed by atoms with Gasteiger partial charge in [0, 0.05) is 25.3 Å². The van der Waals surface area contributed by atoms with Crippen LogP contribution in [0.1, 0.15) is 29.2 Å². The van der Waals surface area contributed by atoms with Gasteiger partial charge in [0.15, 0.2) is 11.6 Å². The Hall–Kier alpha value is -4.60. The summed E-state index contributed by atoms with van der Waals surface area (Å²) in [5, 5.41) is 16.0. The van der Waals surface area contributed by atoms with Gasteiger partial charge < -0.3 is 30.8 Å². The second-order valence-corrected chi connectivity index (χ2v) is 8.75. The SMILES string of the molecule is COc1c(NCCNc2ccccn2)c(F)c(N)c2c(=O)c(C(=O)O)c(-c3ccccc3)n(C3CC3)c12. The highest BCUT2D eigenvalue weighted by Crippen LogP contribution is 2.47. The molecule has 4 aromatic rings. The summed E-state index contributed by atoms with van der Waals surface area (Å²) in [6.45, 7) is 0.710. The Kier molecular flexibility index (Phi) is 6.39. The van der Waals surface area contributed by atoms with E-state index in [1.807, 2.05) is 12.1 Å². The molecule has 5 N–H and O–H groups in total. The van der Waals surface area contributed by atoms with Crippen molar-refractivity contribution in [3.63, 3.8) is 0 Å². The van der Waals surface area contributed by atoms with Gasteiger partial charge in [-0.15, -0.1) is 0 Å². The Labute approximate surface area is 211 Å². The van der Waals surface area contributed by atoms with E-state index in [9.17, 15) is 14.7 Å². The van der Waals surface area contributed by atoms with Crippen LogP contribution in [-0.2, 0) is 0 Å². The van der Waals surface area contributed by atoms with Crippen LogP contribution in [0.2, 0.25) is 0 Å². The van der Waals surface area contributed by atoms with E-state index < -0.39 is 28.5 Å². The number of carboxylic acids is 1. The number of benzene rings is 2. The molecule has 0 saturated heterocycles. The summed E-state index contributed by atoms with van der Waals surface area (Å²) in [6.07, 6.45) is 3.21. The van der Waals surface area contributed by atoms with E-state index >= 15 is 4.39 Å². The molecule has 1 saturated carbocycles. The first-order chi connectivity index (χ1) is 17.9. The molecule has 10 heteroatoms. The van der Waals surface area contributed by atoms with Crippen molar-refractivity contribution in [2.75, 3.05) is 36.6 Å². The largest absolute Gasteiger partial charge is 0.492 e. The Morgan fingerprint density at radius 3 is 2.49 bits per heavy atom. The number of ether oxygens (including phenoxy) is 1. The summed E-state index contributed by atoms with van der Waals surface area (Å²) in [5.74, 6) is -1.50. The molecule has 2 aromatic heterocycles. The number of aromatic nitrogens is 2. The predicted molar refractivity (Wildman–Crippen MR) is 141 cm³/mol. The van der Waals surface area contributed by atoms with Gasteiger partial charge in [-0.25, -0.2) is 14.2 Å². The van der Waals surface area contributed by atoms with E-state index in [0.29, 0.717) is 24.5 Å². The van der Waals surface area contributed by atoms with Gasteiger partial charge in [-0.05, 0) is 30.5 Å². The fourth-order valence-electron chi connectivity index (χ4n) is 4.61. The van der Waals surface area contributed by atoms with Gasteiger partial charge in [-0.2, -0.15) is 0 Å². The minimum absolute atomic E-state index is 0.00575. The summed E-state index contributed by atoms with van der Waals surface area (Å²) in [7, 11) is 1.39. The van der Waals surface area contributed by atoms with Crippen molar-refractivity contribution < 1.29 is 19.0 Å². The molecular formula is C27H26FN5O4. The number of rotatable bonds is 9. The van der Waals surface area contributed by atoms with Crippen molar-refractivity contribution in [1.82, 2.24) is 9.55 Å². The van der Waals surface area contributed by atoms with Gasteiger partial charge >= 0.3 is 5.97 Å². The maximum atomic E-state index is 15.6. The fraction of sp³-hybridized carbons (Fsp3) is 0.222. The normalized spacial score (nSPS) is 12.9. The number of carbonyl (C=O) groups is 1. The number of pyridine rings is 2. The number of nitrogens with two attached hydrogens (primary N) is 1. The summed E-state index contributed by atoms with van der Waals surface area (Å²) < 4.78 is 23.1. The van der Waals surface area contributed by atoms with Gasteiger partial charge in [0.05, 0.1) is 29.4 Å². The van der Waals surface area contributed by atoms with Crippen LogP contribution >= 0.6 is 0 Å². The van der Waals surface area contributed by atoms with Crippen LogP contribution in [0.15, 0.2) is 59.5 Å². The Balaban J connectivity index is 1.71. The average Bonchev–Trinajstić information content (AvgIpc) is 3.75. The molecule has 0 radical (unpaired) electrons. The molecule has 0 unspecified atom stereocenters. The summed E-state index contributed by atoms with van der Waals surface area (Å²) in [4.78, 5) is 30.2. The smallest absolute Gasteiger partial charge is 0.341 e. The molecule has 0 atom stereocenters. The van der Waals surface area contributed by atoms with Crippen molar-refractivity contribution in [2.24, 2.45) is 0 Å².